The van der Waals surface area contributed by atoms with Crippen LogP contribution in [0.15, 0.2) is 0 Å². The van der Waals surface area contributed by atoms with Crippen LogP contribution in [0.3, 0.4) is 0 Å². The highest BCUT2D eigenvalue weighted by molar-refractivity contribution is 5.83. The van der Waals surface area contributed by atoms with Gasteiger partial charge in [0.05, 0.1) is 5.60 Å². The van der Waals surface area contributed by atoms with Crippen LogP contribution in [0, 0.1) is 5.41 Å². The molecule has 0 amide bonds. The first-order chi connectivity index (χ1) is 7.08. The van der Waals surface area contributed by atoms with Crippen LogP contribution in [0.25, 0.3) is 0 Å². The molecule has 0 aromatic carbocycles. The van der Waals surface area contributed by atoms with Crippen LogP contribution in [0.5, 0.6) is 0 Å². The Morgan fingerprint density at radius 1 is 1.12 bits per heavy atom. The quantitative estimate of drug-likeness (QED) is 0.535. The fraction of sp³-hybridized carbons (Fsp3) is 0.923. The van der Waals surface area contributed by atoms with Gasteiger partial charge in [-0.1, -0.05) is 27.7 Å². The van der Waals surface area contributed by atoms with Gasteiger partial charge in [0.25, 0.3) is 0 Å². The number of ketones is 1. The largest absolute Gasteiger partial charge is 0.297 e. The van der Waals surface area contributed by atoms with Crippen LogP contribution in [0.4, 0.5) is 0 Å². The van der Waals surface area contributed by atoms with Gasteiger partial charge in [-0.15, -0.1) is 0 Å². The van der Waals surface area contributed by atoms with Crippen molar-refractivity contribution in [3.63, 3.8) is 0 Å². The number of rotatable bonds is 5. The highest BCUT2D eigenvalue weighted by atomic mass is 17.2. The lowest BCUT2D eigenvalue weighted by Crippen LogP contribution is -2.39. The molecule has 1 atom stereocenters. The molecule has 0 aliphatic rings. The topological polar surface area (TPSA) is 35.5 Å². The van der Waals surface area contributed by atoms with E-state index in [0.717, 1.165) is 6.42 Å². The van der Waals surface area contributed by atoms with Crippen molar-refractivity contribution in [3.8, 4) is 0 Å². The van der Waals surface area contributed by atoms with Crippen molar-refractivity contribution in [1.29, 1.82) is 0 Å². The zero-order valence-electron chi connectivity index (χ0n) is 11.7. The lowest BCUT2D eigenvalue weighted by molar-refractivity contribution is -0.376. The van der Waals surface area contributed by atoms with E-state index in [4.69, 9.17) is 9.78 Å². The number of carbonyl (C=O) groups is 1. The zero-order valence-corrected chi connectivity index (χ0v) is 11.7. The van der Waals surface area contributed by atoms with Gasteiger partial charge in [-0.25, -0.2) is 9.78 Å². The minimum absolute atomic E-state index is 0.110. The van der Waals surface area contributed by atoms with Crippen molar-refractivity contribution in [3.05, 3.63) is 0 Å². The third-order valence-corrected chi connectivity index (χ3v) is 1.97. The Morgan fingerprint density at radius 2 is 1.62 bits per heavy atom. The number of hydrogen-bond acceptors (Lipinski definition) is 3. The standard InChI is InChI=1S/C13H26O3/c1-8-9-10(14)11(12(2,3)4)15-16-13(5,6)7/h11H,8-9H2,1-7H3. The predicted molar refractivity (Wildman–Crippen MR) is 65.1 cm³/mol. The molecule has 0 spiro atoms. The van der Waals surface area contributed by atoms with E-state index in [-0.39, 0.29) is 11.2 Å². The normalized spacial score (nSPS) is 14.9. The molecular weight excluding hydrogens is 204 g/mol. The molecule has 0 saturated heterocycles. The van der Waals surface area contributed by atoms with Crippen molar-refractivity contribution < 1.29 is 14.6 Å². The summed E-state index contributed by atoms with van der Waals surface area (Å²) in [6, 6.07) is 0. The summed E-state index contributed by atoms with van der Waals surface area (Å²) in [5.41, 5.74) is -0.631. The Bertz CT molecular complexity index is 220. The third kappa shape index (κ3) is 6.23. The van der Waals surface area contributed by atoms with Gasteiger partial charge in [0.2, 0.25) is 0 Å². The van der Waals surface area contributed by atoms with Crippen molar-refractivity contribution in [2.75, 3.05) is 0 Å². The van der Waals surface area contributed by atoms with Gasteiger partial charge in [0.15, 0.2) is 11.9 Å². The molecule has 0 saturated carbocycles. The number of hydrogen-bond donors (Lipinski definition) is 0. The maximum atomic E-state index is 11.9. The molecule has 0 fully saturated rings. The average molecular weight is 230 g/mol. The predicted octanol–water partition coefficient (Wildman–Crippen LogP) is 3.52. The first-order valence-electron chi connectivity index (χ1n) is 5.95. The monoisotopic (exact) mass is 230 g/mol. The van der Waals surface area contributed by atoms with E-state index < -0.39 is 11.7 Å². The second-order valence-electron chi connectivity index (χ2n) is 6.25. The summed E-state index contributed by atoms with van der Waals surface area (Å²) in [5.74, 6) is 0.110. The zero-order chi connectivity index (χ0) is 13.0. The second kappa shape index (κ2) is 5.78. The molecule has 0 rings (SSSR count). The van der Waals surface area contributed by atoms with Gasteiger partial charge in [-0.2, -0.15) is 0 Å². The van der Waals surface area contributed by atoms with Crippen LogP contribution < -0.4 is 0 Å². The Kier molecular flexibility index (Phi) is 5.63. The minimum atomic E-state index is -0.494. The fourth-order valence-corrected chi connectivity index (χ4v) is 1.25. The molecule has 0 aromatic heterocycles. The Balaban J connectivity index is 4.52. The molecule has 1 unspecified atom stereocenters. The van der Waals surface area contributed by atoms with Gasteiger partial charge in [-0.3, -0.25) is 4.79 Å². The van der Waals surface area contributed by atoms with E-state index in [1.807, 2.05) is 48.5 Å². The van der Waals surface area contributed by atoms with Gasteiger partial charge in [0.1, 0.15) is 0 Å². The smallest absolute Gasteiger partial charge is 0.165 e. The minimum Gasteiger partial charge on any atom is -0.297 e. The van der Waals surface area contributed by atoms with Crippen LogP contribution in [-0.4, -0.2) is 17.5 Å². The van der Waals surface area contributed by atoms with Crippen LogP contribution in [0.1, 0.15) is 61.3 Å². The number of Topliss-reactive ketones (excluding diaryl/α,β-unsaturated/α-hetero) is 1. The van der Waals surface area contributed by atoms with Gasteiger partial charge < -0.3 is 0 Å². The summed E-state index contributed by atoms with van der Waals surface area (Å²) in [5, 5.41) is 0. The molecule has 96 valence electrons. The molecule has 0 aromatic rings. The highest BCUT2D eigenvalue weighted by Gasteiger charge is 2.33. The van der Waals surface area contributed by atoms with E-state index in [9.17, 15) is 4.79 Å². The Morgan fingerprint density at radius 3 is 1.94 bits per heavy atom. The highest BCUT2D eigenvalue weighted by Crippen LogP contribution is 2.26. The summed E-state index contributed by atoms with van der Waals surface area (Å²) >= 11 is 0. The molecule has 0 bridgehead atoms. The van der Waals surface area contributed by atoms with E-state index in [1.165, 1.54) is 0 Å². The van der Waals surface area contributed by atoms with Crippen molar-refractivity contribution in [2.45, 2.75) is 73.0 Å². The molecule has 0 aliphatic carbocycles. The maximum absolute atomic E-state index is 11.9. The Hall–Kier alpha value is -0.410. The molecule has 3 heteroatoms. The molecule has 3 nitrogen and oxygen atoms in total. The average Bonchev–Trinajstić information content (AvgIpc) is 1.99. The fourth-order valence-electron chi connectivity index (χ4n) is 1.25. The molecule has 0 aliphatic heterocycles. The van der Waals surface area contributed by atoms with Gasteiger partial charge in [0, 0.05) is 6.42 Å². The molecule has 0 radical (unpaired) electrons. The van der Waals surface area contributed by atoms with E-state index in [0.29, 0.717) is 6.42 Å². The van der Waals surface area contributed by atoms with E-state index in [1.54, 1.807) is 0 Å². The summed E-state index contributed by atoms with van der Waals surface area (Å²) in [6.45, 7) is 13.6. The van der Waals surface area contributed by atoms with E-state index in [2.05, 4.69) is 0 Å². The first kappa shape index (κ1) is 15.6. The van der Waals surface area contributed by atoms with Crippen molar-refractivity contribution in [1.82, 2.24) is 0 Å². The molecule has 0 heterocycles. The van der Waals surface area contributed by atoms with Crippen LogP contribution in [0.2, 0.25) is 0 Å². The molecular formula is C13H26O3. The second-order valence-corrected chi connectivity index (χ2v) is 6.25. The van der Waals surface area contributed by atoms with Gasteiger partial charge in [-0.05, 0) is 32.6 Å². The summed E-state index contributed by atoms with van der Waals surface area (Å²) in [6.07, 6.45) is 0.881. The van der Waals surface area contributed by atoms with Gasteiger partial charge >= 0.3 is 0 Å². The molecule has 16 heavy (non-hydrogen) atoms. The van der Waals surface area contributed by atoms with Crippen LogP contribution in [-0.2, 0) is 14.6 Å². The SMILES string of the molecule is CCCC(=O)C(OOC(C)(C)C)C(C)(C)C. The summed E-state index contributed by atoms with van der Waals surface area (Å²) in [4.78, 5) is 22.5. The lowest BCUT2D eigenvalue weighted by atomic mass is 9.85. The third-order valence-electron chi connectivity index (χ3n) is 1.97. The molecule has 0 N–H and O–H groups in total. The van der Waals surface area contributed by atoms with Crippen LogP contribution >= 0.6 is 0 Å². The van der Waals surface area contributed by atoms with Crippen molar-refractivity contribution in [2.24, 2.45) is 5.41 Å². The maximum Gasteiger partial charge on any atom is 0.165 e. The number of carbonyl (C=O) groups excluding carboxylic acids is 1. The summed E-state index contributed by atoms with van der Waals surface area (Å²) < 4.78 is 0. The van der Waals surface area contributed by atoms with E-state index >= 15 is 0 Å². The van der Waals surface area contributed by atoms with Crippen molar-refractivity contribution >= 4 is 5.78 Å². The first-order valence-corrected chi connectivity index (χ1v) is 5.95. The Labute approximate surface area is 99.4 Å². The lowest BCUT2D eigenvalue weighted by Gasteiger charge is -2.30. The summed E-state index contributed by atoms with van der Waals surface area (Å²) in [7, 11) is 0.